The summed E-state index contributed by atoms with van der Waals surface area (Å²) in [5.41, 5.74) is 0. The van der Waals surface area contributed by atoms with E-state index in [9.17, 15) is 0 Å². The van der Waals surface area contributed by atoms with E-state index in [0.717, 1.165) is 13.2 Å². The Kier molecular flexibility index (Phi) is 22.8. The maximum absolute atomic E-state index is 5.60. The summed E-state index contributed by atoms with van der Waals surface area (Å²) in [5.74, 6) is 0. The van der Waals surface area contributed by atoms with Crippen molar-refractivity contribution in [1.29, 1.82) is 0 Å². The Morgan fingerprint density at radius 1 is 0.333 bits per heavy atom. The minimum Gasteiger partial charge on any atom is -0.379 e. The van der Waals surface area contributed by atoms with Gasteiger partial charge in [0, 0.05) is 13.2 Å². The molecular formula is C21H44O3. The topological polar surface area (TPSA) is 27.7 Å². The Hall–Kier alpha value is -0.120. The molecule has 3 nitrogen and oxygen atoms in total. The largest absolute Gasteiger partial charge is 0.379 e. The lowest BCUT2D eigenvalue weighted by molar-refractivity contribution is 0.0133. The van der Waals surface area contributed by atoms with E-state index in [1.54, 1.807) is 0 Å². The summed E-state index contributed by atoms with van der Waals surface area (Å²) in [6.07, 6.45) is 17.4. The molecule has 3 heteroatoms. The number of rotatable bonds is 21. The summed E-state index contributed by atoms with van der Waals surface area (Å²) < 4.78 is 16.6. The molecule has 0 fully saturated rings. The van der Waals surface area contributed by atoms with Crippen LogP contribution in [0.2, 0.25) is 0 Å². The molecule has 0 aromatic carbocycles. The molecule has 0 aliphatic carbocycles. The Bertz CT molecular complexity index is 187. The van der Waals surface area contributed by atoms with E-state index >= 15 is 0 Å². The molecule has 0 aromatic rings. The van der Waals surface area contributed by atoms with Crippen LogP contribution in [0.1, 0.15) is 97.3 Å². The van der Waals surface area contributed by atoms with E-state index in [0.29, 0.717) is 26.4 Å². The highest BCUT2D eigenvalue weighted by Gasteiger charge is 1.94. The fourth-order valence-electron chi connectivity index (χ4n) is 2.69. The van der Waals surface area contributed by atoms with Gasteiger partial charge in [0.05, 0.1) is 26.4 Å². The number of unbranched alkanes of at least 4 members (excludes halogenated alkanes) is 11. The van der Waals surface area contributed by atoms with Crippen molar-refractivity contribution < 1.29 is 14.2 Å². The van der Waals surface area contributed by atoms with Crippen molar-refractivity contribution in [3.05, 3.63) is 0 Å². The Labute approximate surface area is 151 Å². The Balaban J connectivity index is 2.93. The molecule has 0 saturated carbocycles. The Morgan fingerprint density at radius 3 is 1.08 bits per heavy atom. The highest BCUT2D eigenvalue weighted by molar-refractivity contribution is 4.47. The Morgan fingerprint density at radius 2 is 0.625 bits per heavy atom. The number of ether oxygens (including phenoxy) is 3. The zero-order valence-electron chi connectivity index (χ0n) is 16.7. The second kappa shape index (κ2) is 22.9. The van der Waals surface area contributed by atoms with Crippen molar-refractivity contribution in [2.75, 3.05) is 39.6 Å². The van der Waals surface area contributed by atoms with Gasteiger partial charge in [-0.25, -0.2) is 0 Å². The molecule has 0 unspecified atom stereocenters. The van der Waals surface area contributed by atoms with E-state index in [2.05, 4.69) is 13.8 Å². The zero-order valence-corrected chi connectivity index (χ0v) is 16.7. The molecule has 0 rings (SSSR count). The van der Waals surface area contributed by atoms with Crippen LogP contribution in [0.5, 0.6) is 0 Å². The van der Waals surface area contributed by atoms with Crippen LogP contribution in [-0.4, -0.2) is 39.6 Å². The molecule has 0 aromatic heterocycles. The monoisotopic (exact) mass is 344 g/mol. The van der Waals surface area contributed by atoms with E-state index in [-0.39, 0.29) is 0 Å². The summed E-state index contributed by atoms with van der Waals surface area (Å²) in [6, 6.07) is 0. The molecule has 0 N–H and O–H groups in total. The fraction of sp³-hybridized carbons (Fsp3) is 1.00. The second-order valence-electron chi connectivity index (χ2n) is 6.73. The van der Waals surface area contributed by atoms with Crippen LogP contribution in [-0.2, 0) is 14.2 Å². The van der Waals surface area contributed by atoms with Gasteiger partial charge in [0.15, 0.2) is 0 Å². The average Bonchev–Trinajstić information content (AvgIpc) is 2.60. The predicted molar refractivity (Wildman–Crippen MR) is 104 cm³/mol. The zero-order chi connectivity index (χ0) is 17.6. The molecule has 0 aliphatic heterocycles. The summed E-state index contributed by atoms with van der Waals surface area (Å²) >= 11 is 0. The van der Waals surface area contributed by atoms with Crippen LogP contribution in [0.15, 0.2) is 0 Å². The summed E-state index contributed by atoms with van der Waals surface area (Å²) in [6.45, 7) is 9.04. The molecule has 0 radical (unpaired) electrons. The highest BCUT2D eigenvalue weighted by Crippen LogP contribution is 2.10. The van der Waals surface area contributed by atoms with Gasteiger partial charge in [-0.3, -0.25) is 0 Å². The van der Waals surface area contributed by atoms with Crippen LogP contribution in [0.25, 0.3) is 0 Å². The maximum atomic E-state index is 5.60. The number of hydrogen-bond donors (Lipinski definition) is 0. The average molecular weight is 345 g/mol. The number of hydrogen-bond acceptors (Lipinski definition) is 3. The van der Waals surface area contributed by atoms with Crippen molar-refractivity contribution in [3.63, 3.8) is 0 Å². The highest BCUT2D eigenvalue weighted by atomic mass is 16.5. The third kappa shape index (κ3) is 21.9. The SMILES string of the molecule is CCCCCCCCCCCCOCCOCCOCCCCC. The van der Waals surface area contributed by atoms with Gasteiger partial charge in [0.2, 0.25) is 0 Å². The molecule has 0 amide bonds. The quantitative estimate of drug-likeness (QED) is 0.234. The third-order valence-corrected chi connectivity index (χ3v) is 4.28. The third-order valence-electron chi connectivity index (χ3n) is 4.28. The predicted octanol–water partition coefficient (Wildman–Crippen LogP) is 6.15. The van der Waals surface area contributed by atoms with Gasteiger partial charge in [-0.1, -0.05) is 84.5 Å². The molecule has 0 spiro atoms. The summed E-state index contributed by atoms with van der Waals surface area (Å²) in [7, 11) is 0. The lowest BCUT2D eigenvalue weighted by Crippen LogP contribution is -2.10. The van der Waals surface area contributed by atoms with E-state index in [1.807, 2.05) is 0 Å². The first kappa shape index (κ1) is 23.9. The molecule has 0 heterocycles. The standard InChI is InChI=1S/C21H44O3/c1-3-5-7-8-9-10-11-12-13-15-17-23-19-21-24-20-18-22-16-14-6-4-2/h3-21H2,1-2H3. The van der Waals surface area contributed by atoms with Gasteiger partial charge in [0.1, 0.15) is 0 Å². The van der Waals surface area contributed by atoms with Gasteiger partial charge in [0.25, 0.3) is 0 Å². The maximum Gasteiger partial charge on any atom is 0.0701 e. The van der Waals surface area contributed by atoms with Crippen LogP contribution in [0.4, 0.5) is 0 Å². The van der Waals surface area contributed by atoms with Crippen molar-refractivity contribution in [2.45, 2.75) is 97.3 Å². The van der Waals surface area contributed by atoms with Gasteiger partial charge >= 0.3 is 0 Å². The lowest BCUT2D eigenvalue weighted by Gasteiger charge is -2.07. The molecular weight excluding hydrogens is 300 g/mol. The van der Waals surface area contributed by atoms with Crippen molar-refractivity contribution in [2.24, 2.45) is 0 Å². The van der Waals surface area contributed by atoms with E-state index < -0.39 is 0 Å². The van der Waals surface area contributed by atoms with Gasteiger partial charge < -0.3 is 14.2 Å². The second-order valence-corrected chi connectivity index (χ2v) is 6.73. The summed E-state index contributed by atoms with van der Waals surface area (Å²) in [4.78, 5) is 0. The molecule has 146 valence electrons. The van der Waals surface area contributed by atoms with E-state index in [4.69, 9.17) is 14.2 Å². The normalized spacial score (nSPS) is 11.2. The first-order valence-electron chi connectivity index (χ1n) is 10.6. The van der Waals surface area contributed by atoms with Crippen LogP contribution in [0, 0.1) is 0 Å². The fourth-order valence-corrected chi connectivity index (χ4v) is 2.69. The van der Waals surface area contributed by atoms with Crippen LogP contribution >= 0.6 is 0 Å². The minimum atomic E-state index is 0.688. The lowest BCUT2D eigenvalue weighted by atomic mass is 10.1. The van der Waals surface area contributed by atoms with Crippen molar-refractivity contribution in [1.82, 2.24) is 0 Å². The van der Waals surface area contributed by atoms with Crippen LogP contribution < -0.4 is 0 Å². The first-order valence-corrected chi connectivity index (χ1v) is 10.6. The van der Waals surface area contributed by atoms with Crippen molar-refractivity contribution >= 4 is 0 Å². The van der Waals surface area contributed by atoms with Gasteiger partial charge in [-0.05, 0) is 12.8 Å². The van der Waals surface area contributed by atoms with Crippen molar-refractivity contribution in [3.8, 4) is 0 Å². The smallest absolute Gasteiger partial charge is 0.0701 e. The molecule has 0 atom stereocenters. The molecule has 24 heavy (non-hydrogen) atoms. The first-order chi connectivity index (χ1) is 11.9. The molecule has 0 bridgehead atoms. The minimum absolute atomic E-state index is 0.688. The molecule has 0 saturated heterocycles. The van der Waals surface area contributed by atoms with Gasteiger partial charge in [-0.2, -0.15) is 0 Å². The van der Waals surface area contributed by atoms with E-state index in [1.165, 1.54) is 83.5 Å². The molecule has 0 aliphatic rings. The van der Waals surface area contributed by atoms with Crippen LogP contribution in [0.3, 0.4) is 0 Å². The summed E-state index contributed by atoms with van der Waals surface area (Å²) in [5, 5.41) is 0. The van der Waals surface area contributed by atoms with Gasteiger partial charge in [-0.15, -0.1) is 0 Å².